The molecule has 0 bridgehead atoms. The van der Waals surface area contributed by atoms with E-state index < -0.39 is 18.1 Å². The largest absolute Gasteiger partial charge is 0.496 e. The quantitative estimate of drug-likeness (QED) is 0.805. The molecular formula is C11H14F2N2O3. The summed E-state index contributed by atoms with van der Waals surface area (Å²) in [7, 11) is 2.56. The Morgan fingerprint density at radius 3 is 2.61 bits per heavy atom. The van der Waals surface area contributed by atoms with Crippen molar-refractivity contribution in [1.29, 1.82) is 0 Å². The van der Waals surface area contributed by atoms with Gasteiger partial charge >= 0.3 is 5.97 Å². The number of carbonyl (C=O) groups is 1. The van der Waals surface area contributed by atoms with Gasteiger partial charge in [-0.25, -0.2) is 8.78 Å². The van der Waals surface area contributed by atoms with E-state index in [1.54, 1.807) is 0 Å². The number of carbonyl (C=O) groups excluding carboxylic acids is 1. The number of hydrogen-bond acceptors (Lipinski definition) is 5. The van der Waals surface area contributed by atoms with Crippen LogP contribution in [-0.4, -0.2) is 25.2 Å². The van der Waals surface area contributed by atoms with E-state index >= 15 is 0 Å². The molecule has 0 aliphatic rings. The maximum absolute atomic E-state index is 12.7. The molecule has 2 N–H and O–H groups in total. The molecule has 0 spiro atoms. The van der Waals surface area contributed by atoms with Crippen LogP contribution in [0.5, 0.6) is 5.75 Å². The van der Waals surface area contributed by atoms with Crippen LogP contribution in [0.2, 0.25) is 0 Å². The van der Waals surface area contributed by atoms with E-state index in [-0.39, 0.29) is 24.3 Å². The standard InChI is InChI=1S/C11H14F2N2O3/c1-17-8(16)3-6-5-15-9(11(12)13)7(4-14)10(6)18-2/h5,11H,3-4,14H2,1-2H3. The van der Waals surface area contributed by atoms with Crippen LogP contribution >= 0.6 is 0 Å². The van der Waals surface area contributed by atoms with Gasteiger partial charge in [-0.15, -0.1) is 0 Å². The molecule has 0 aliphatic carbocycles. The topological polar surface area (TPSA) is 74.4 Å². The molecule has 7 heteroatoms. The van der Waals surface area contributed by atoms with Gasteiger partial charge in [-0.3, -0.25) is 9.78 Å². The summed E-state index contributed by atoms with van der Waals surface area (Å²) in [4.78, 5) is 14.8. The molecule has 0 amide bonds. The molecule has 0 saturated heterocycles. The molecule has 0 aliphatic heterocycles. The molecule has 0 aromatic carbocycles. The number of aromatic nitrogens is 1. The molecule has 1 heterocycles. The number of nitrogens with zero attached hydrogens (tertiary/aromatic N) is 1. The van der Waals surface area contributed by atoms with Crippen molar-refractivity contribution in [2.75, 3.05) is 14.2 Å². The van der Waals surface area contributed by atoms with Gasteiger partial charge in [0.2, 0.25) is 0 Å². The van der Waals surface area contributed by atoms with Crippen molar-refractivity contribution in [2.45, 2.75) is 19.4 Å². The fraction of sp³-hybridized carbons (Fsp3) is 0.455. The molecule has 0 unspecified atom stereocenters. The summed E-state index contributed by atoms with van der Waals surface area (Å²) in [5.41, 5.74) is 5.47. The van der Waals surface area contributed by atoms with Crippen molar-refractivity contribution in [3.8, 4) is 5.75 Å². The van der Waals surface area contributed by atoms with E-state index in [1.807, 2.05) is 0 Å². The first-order valence-electron chi connectivity index (χ1n) is 5.14. The summed E-state index contributed by atoms with van der Waals surface area (Å²) < 4.78 is 35.0. The maximum Gasteiger partial charge on any atom is 0.310 e. The molecule has 1 aromatic heterocycles. The zero-order chi connectivity index (χ0) is 13.7. The number of hydrogen-bond donors (Lipinski definition) is 1. The van der Waals surface area contributed by atoms with Gasteiger partial charge < -0.3 is 15.2 Å². The number of esters is 1. The lowest BCUT2D eigenvalue weighted by Crippen LogP contribution is -2.12. The fourth-order valence-electron chi connectivity index (χ4n) is 1.59. The summed E-state index contributed by atoms with van der Waals surface area (Å²) >= 11 is 0. The number of methoxy groups -OCH3 is 2. The van der Waals surface area contributed by atoms with E-state index in [0.29, 0.717) is 5.56 Å². The maximum atomic E-state index is 12.7. The van der Waals surface area contributed by atoms with Crippen LogP contribution in [0, 0.1) is 0 Å². The van der Waals surface area contributed by atoms with Crippen molar-refractivity contribution >= 4 is 5.97 Å². The Morgan fingerprint density at radius 2 is 2.17 bits per heavy atom. The molecule has 5 nitrogen and oxygen atoms in total. The lowest BCUT2D eigenvalue weighted by atomic mass is 10.1. The highest BCUT2D eigenvalue weighted by molar-refractivity contribution is 5.73. The minimum atomic E-state index is -2.75. The van der Waals surface area contributed by atoms with Gasteiger partial charge in [-0.05, 0) is 0 Å². The average molecular weight is 260 g/mol. The Bertz CT molecular complexity index is 439. The van der Waals surface area contributed by atoms with Crippen molar-refractivity contribution < 1.29 is 23.0 Å². The van der Waals surface area contributed by atoms with Gasteiger partial charge in [-0.2, -0.15) is 0 Å². The van der Waals surface area contributed by atoms with E-state index in [4.69, 9.17) is 10.5 Å². The zero-order valence-electron chi connectivity index (χ0n) is 10.1. The fourth-order valence-corrected chi connectivity index (χ4v) is 1.59. The Hall–Kier alpha value is -1.76. The summed E-state index contributed by atoms with van der Waals surface area (Å²) in [6.45, 7) is -0.148. The second-order valence-corrected chi connectivity index (χ2v) is 3.44. The Morgan fingerprint density at radius 1 is 1.50 bits per heavy atom. The first-order chi connectivity index (χ1) is 8.54. The van der Waals surface area contributed by atoms with Crippen LogP contribution in [0.4, 0.5) is 8.78 Å². The minimum absolute atomic E-state index is 0.105. The van der Waals surface area contributed by atoms with Crippen molar-refractivity contribution in [2.24, 2.45) is 5.73 Å². The van der Waals surface area contributed by atoms with Crippen LogP contribution in [-0.2, 0) is 22.5 Å². The van der Waals surface area contributed by atoms with Gasteiger partial charge in [-0.1, -0.05) is 0 Å². The number of nitrogens with two attached hydrogens (primary N) is 1. The van der Waals surface area contributed by atoms with E-state index in [2.05, 4.69) is 9.72 Å². The third-order valence-electron chi connectivity index (χ3n) is 2.41. The summed E-state index contributed by atoms with van der Waals surface area (Å²) in [5, 5.41) is 0. The van der Waals surface area contributed by atoms with Gasteiger partial charge in [0, 0.05) is 23.9 Å². The zero-order valence-corrected chi connectivity index (χ0v) is 10.1. The van der Waals surface area contributed by atoms with Gasteiger partial charge in [0.25, 0.3) is 6.43 Å². The van der Waals surface area contributed by atoms with E-state index in [9.17, 15) is 13.6 Å². The predicted octanol–water partition coefficient (Wildman–Crippen LogP) is 1.20. The summed E-state index contributed by atoms with van der Waals surface area (Å²) in [5.74, 6) is -0.351. The van der Waals surface area contributed by atoms with Crippen LogP contribution in [0.1, 0.15) is 23.2 Å². The summed E-state index contributed by atoms with van der Waals surface area (Å²) in [6.07, 6.45) is -1.68. The van der Waals surface area contributed by atoms with Crippen LogP contribution in [0.15, 0.2) is 6.20 Å². The highest BCUT2D eigenvalue weighted by Gasteiger charge is 2.21. The molecule has 0 radical (unpaired) electrons. The molecule has 0 fully saturated rings. The average Bonchev–Trinajstić information content (AvgIpc) is 2.37. The second kappa shape index (κ2) is 6.25. The molecule has 1 rings (SSSR count). The Kier molecular flexibility index (Phi) is 4.96. The van der Waals surface area contributed by atoms with Crippen molar-refractivity contribution in [3.63, 3.8) is 0 Å². The van der Waals surface area contributed by atoms with Crippen molar-refractivity contribution in [1.82, 2.24) is 4.98 Å². The smallest absolute Gasteiger partial charge is 0.310 e. The van der Waals surface area contributed by atoms with Crippen LogP contribution in [0.3, 0.4) is 0 Å². The minimum Gasteiger partial charge on any atom is -0.496 e. The molecular weight excluding hydrogens is 246 g/mol. The Labute approximate surface area is 103 Å². The van der Waals surface area contributed by atoms with Crippen LogP contribution in [0.25, 0.3) is 0 Å². The number of rotatable bonds is 5. The second-order valence-electron chi connectivity index (χ2n) is 3.44. The third kappa shape index (κ3) is 2.92. The molecule has 1 aromatic rings. The first kappa shape index (κ1) is 14.3. The highest BCUT2D eigenvalue weighted by atomic mass is 19.3. The van der Waals surface area contributed by atoms with Crippen molar-refractivity contribution in [3.05, 3.63) is 23.0 Å². The highest BCUT2D eigenvalue weighted by Crippen LogP contribution is 2.31. The lowest BCUT2D eigenvalue weighted by Gasteiger charge is -2.14. The van der Waals surface area contributed by atoms with Crippen LogP contribution < -0.4 is 10.5 Å². The molecule has 18 heavy (non-hydrogen) atoms. The SMILES string of the molecule is COC(=O)Cc1cnc(C(F)F)c(CN)c1OC. The third-order valence-corrected chi connectivity index (χ3v) is 2.41. The number of ether oxygens (including phenoxy) is 2. The lowest BCUT2D eigenvalue weighted by molar-refractivity contribution is -0.139. The molecule has 0 atom stereocenters. The predicted molar refractivity (Wildman–Crippen MR) is 59.4 cm³/mol. The van der Waals surface area contributed by atoms with E-state index in [0.717, 1.165) is 0 Å². The normalized spacial score (nSPS) is 10.6. The molecule has 0 saturated carbocycles. The van der Waals surface area contributed by atoms with Gasteiger partial charge in [0.05, 0.1) is 20.6 Å². The number of pyridine rings is 1. The first-order valence-corrected chi connectivity index (χ1v) is 5.14. The number of halogens is 2. The monoisotopic (exact) mass is 260 g/mol. The Balaban J connectivity index is 3.25. The molecule has 100 valence electrons. The van der Waals surface area contributed by atoms with Gasteiger partial charge in [0.1, 0.15) is 11.4 Å². The van der Waals surface area contributed by atoms with Gasteiger partial charge in [0.15, 0.2) is 0 Å². The van der Waals surface area contributed by atoms with E-state index in [1.165, 1.54) is 20.4 Å². The number of alkyl halides is 2. The summed E-state index contributed by atoms with van der Waals surface area (Å²) in [6, 6.07) is 0.